The van der Waals surface area contributed by atoms with E-state index in [9.17, 15) is 0 Å². The highest BCUT2D eigenvalue weighted by atomic mass is 32.1. The van der Waals surface area contributed by atoms with Crippen molar-refractivity contribution in [2.45, 2.75) is 27.2 Å². The second kappa shape index (κ2) is 7.94. The number of nitrogens with two attached hydrogens (primary N) is 1. The van der Waals surface area contributed by atoms with E-state index in [1.807, 2.05) is 19.1 Å². The largest absolute Gasteiger partial charge is 0.490 e. The van der Waals surface area contributed by atoms with Crippen molar-refractivity contribution in [3.05, 3.63) is 18.3 Å². The Hall–Kier alpha value is -1.36. The molecule has 106 valence electrons. The summed E-state index contributed by atoms with van der Waals surface area (Å²) in [5.74, 6) is 1.83. The van der Waals surface area contributed by atoms with Crippen LogP contribution in [0.2, 0.25) is 0 Å². The van der Waals surface area contributed by atoms with Gasteiger partial charge in [-0.3, -0.25) is 0 Å². The van der Waals surface area contributed by atoms with E-state index in [-0.39, 0.29) is 5.92 Å². The molecule has 1 heterocycles. The lowest BCUT2D eigenvalue weighted by Gasteiger charge is -2.26. The predicted molar refractivity (Wildman–Crippen MR) is 83.9 cm³/mol. The van der Waals surface area contributed by atoms with Gasteiger partial charge < -0.3 is 15.4 Å². The van der Waals surface area contributed by atoms with Crippen molar-refractivity contribution in [3.63, 3.8) is 0 Å². The first-order chi connectivity index (χ1) is 9.10. The molecule has 0 aromatic carbocycles. The third kappa shape index (κ3) is 4.67. The minimum Gasteiger partial charge on any atom is -0.490 e. The number of thiocarbonyl (C=S) groups is 1. The zero-order chi connectivity index (χ0) is 14.3. The van der Waals surface area contributed by atoms with Crippen LogP contribution in [0.4, 0.5) is 5.82 Å². The topological polar surface area (TPSA) is 51.4 Å². The number of ether oxygens (including phenoxy) is 1. The van der Waals surface area contributed by atoms with Crippen LogP contribution in [-0.4, -0.2) is 29.7 Å². The molecule has 1 rings (SSSR count). The van der Waals surface area contributed by atoms with Gasteiger partial charge in [-0.1, -0.05) is 26.1 Å². The summed E-state index contributed by atoms with van der Waals surface area (Å²) in [5.41, 5.74) is 5.69. The molecular weight excluding hydrogens is 258 g/mol. The first-order valence-corrected chi connectivity index (χ1v) is 7.13. The smallest absolute Gasteiger partial charge is 0.171 e. The quantitative estimate of drug-likeness (QED) is 0.742. The number of aromatic nitrogens is 1. The zero-order valence-corrected chi connectivity index (χ0v) is 12.7. The molecule has 1 aromatic rings. The maximum absolute atomic E-state index is 5.74. The highest BCUT2D eigenvalue weighted by molar-refractivity contribution is 7.80. The van der Waals surface area contributed by atoms with Gasteiger partial charge in [0.05, 0.1) is 11.6 Å². The van der Waals surface area contributed by atoms with E-state index in [1.165, 1.54) is 0 Å². The van der Waals surface area contributed by atoms with Gasteiger partial charge in [0.1, 0.15) is 0 Å². The van der Waals surface area contributed by atoms with Crippen LogP contribution in [-0.2, 0) is 0 Å². The molecule has 4 nitrogen and oxygen atoms in total. The molecule has 0 saturated heterocycles. The highest BCUT2D eigenvalue weighted by Crippen LogP contribution is 2.26. The minimum absolute atomic E-state index is 0.149. The molecule has 2 N–H and O–H groups in total. The Morgan fingerprint density at radius 2 is 2.26 bits per heavy atom. The Bertz CT molecular complexity index is 411. The molecule has 0 amide bonds. The van der Waals surface area contributed by atoms with Gasteiger partial charge in [0, 0.05) is 25.2 Å². The van der Waals surface area contributed by atoms with Crippen molar-refractivity contribution in [1.82, 2.24) is 4.98 Å². The first-order valence-electron chi connectivity index (χ1n) is 6.72. The number of pyridine rings is 1. The van der Waals surface area contributed by atoms with Crippen LogP contribution in [0.1, 0.15) is 27.2 Å². The number of rotatable bonds is 8. The lowest BCUT2D eigenvalue weighted by Crippen LogP contribution is -2.34. The molecule has 0 saturated carbocycles. The summed E-state index contributed by atoms with van der Waals surface area (Å²) in [5, 5.41) is 0. The molecule has 1 unspecified atom stereocenters. The lowest BCUT2D eigenvalue weighted by atomic mass is 10.1. The SMILES string of the molecule is CCCOc1cccnc1N(CC)CC(C)C(N)=S. The number of hydrogen-bond donors (Lipinski definition) is 1. The Labute approximate surface area is 121 Å². The second-order valence-corrected chi connectivity index (χ2v) is 4.99. The van der Waals surface area contributed by atoms with Crippen molar-refractivity contribution < 1.29 is 4.74 Å². The molecule has 19 heavy (non-hydrogen) atoms. The third-order valence-electron chi connectivity index (χ3n) is 2.87. The Kier molecular flexibility index (Phi) is 6.56. The second-order valence-electron chi connectivity index (χ2n) is 4.52. The third-order valence-corrected chi connectivity index (χ3v) is 3.28. The van der Waals surface area contributed by atoms with Gasteiger partial charge in [-0.05, 0) is 25.5 Å². The van der Waals surface area contributed by atoms with Gasteiger partial charge in [-0.2, -0.15) is 0 Å². The Balaban J connectivity index is 2.87. The van der Waals surface area contributed by atoms with Crippen LogP contribution in [0.3, 0.4) is 0 Å². The fourth-order valence-electron chi connectivity index (χ4n) is 1.73. The Morgan fingerprint density at radius 3 is 2.84 bits per heavy atom. The number of nitrogens with zero attached hydrogens (tertiary/aromatic N) is 2. The highest BCUT2D eigenvalue weighted by Gasteiger charge is 2.16. The predicted octanol–water partition coefficient (Wildman–Crippen LogP) is 2.62. The first kappa shape index (κ1) is 15.7. The molecule has 5 heteroatoms. The van der Waals surface area contributed by atoms with Gasteiger partial charge in [0.2, 0.25) is 0 Å². The number of hydrogen-bond acceptors (Lipinski definition) is 4. The summed E-state index contributed by atoms with van der Waals surface area (Å²) < 4.78 is 5.74. The summed E-state index contributed by atoms with van der Waals surface area (Å²) in [6.45, 7) is 8.49. The van der Waals surface area contributed by atoms with Crippen molar-refractivity contribution in [2.24, 2.45) is 11.7 Å². The minimum atomic E-state index is 0.149. The van der Waals surface area contributed by atoms with Crippen LogP contribution >= 0.6 is 12.2 Å². The van der Waals surface area contributed by atoms with Crippen molar-refractivity contribution in [2.75, 3.05) is 24.6 Å². The molecule has 0 aliphatic heterocycles. The molecule has 0 bridgehead atoms. The van der Waals surface area contributed by atoms with E-state index < -0.39 is 0 Å². The standard InChI is InChI=1S/C14H23N3OS/c1-4-9-18-12-7-6-8-16-14(12)17(5-2)10-11(3)13(15)19/h6-8,11H,4-5,9-10H2,1-3H3,(H2,15,19). The van der Waals surface area contributed by atoms with Gasteiger partial charge in [-0.25, -0.2) is 4.98 Å². The zero-order valence-electron chi connectivity index (χ0n) is 11.9. The average Bonchev–Trinajstić information content (AvgIpc) is 2.42. The maximum Gasteiger partial charge on any atom is 0.171 e. The van der Waals surface area contributed by atoms with Crippen LogP contribution in [0.5, 0.6) is 5.75 Å². The van der Waals surface area contributed by atoms with Gasteiger partial charge in [-0.15, -0.1) is 0 Å². The molecule has 0 aliphatic carbocycles. The molecule has 1 aromatic heterocycles. The normalized spacial score (nSPS) is 11.9. The van der Waals surface area contributed by atoms with Crippen LogP contribution < -0.4 is 15.4 Å². The molecule has 0 aliphatic rings. The van der Waals surface area contributed by atoms with Crippen LogP contribution in [0.15, 0.2) is 18.3 Å². The number of anilines is 1. The van der Waals surface area contributed by atoms with Crippen molar-refractivity contribution >= 4 is 23.0 Å². The molecule has 0 radical (unpaired) electrons. The fraction of sp³-hybridized carbons (Fsp3) is 0.571. The van der Waals surface area contributed by atoms with Crippen LogP contribution in [0, 0.1) is 5.92 Å². The molecule has 0 spiro atoms. The summed E-state index contributed by atoms with van der Waals surface area (Å²) in [6.07, 6.45) is 2.76. The molecule has 1 atom stereocenters. The molecule has 0 fully saturated rings. The van der Waals surface area contributed by atoms with E-state index in [0.29, 0.717) is 11.6 Å². The van der Waals surface area contributed by atoms with Crippen molar-refractivity contribution in [3.8, 4) is 5.75 Å². The van der Waals surface area contributed by atoms with E-state index >= 15 is 0 Å². The summed E-state index contributed by atoms with van der Waals surface area (Å²) in [4.78, 5) is 7.11. The molecular formula is C14H23N3OS. The van der Waals surface area contributed by atoms with Gasteiger partial charge in [0.15, 0.2) is 11.6 Å². The van der Waals surface area contributed by atoms with Crippen LogP contribution in [0.25, 0.3) is 0 Å². The van der Waals surface area contributed by atoms with E-state index in [2.05, 4.69) is 23.7 Å². The van der Waals surface area contributed by atoms with Gasteiger partial charge in [0.25, 0.3) is 0 Å². The Morgan fingerprint density at radius 1 is 1.53 bits per heavy atom. The summed E-state index contributed by atoms with van der Waals surface area (Å²) in [6, 6.07) is 3.84. The van der Waals surface area contributed by atoms with E-state index in [1.54, 1.807) is 6.20 Å². The summed E-state index contributed by atoms with van der Waals surface area (Å²) >= 11 is 5.04. The maximum atomic E-state index is 5.74. The average molecular weight is 281 g/mol. The fourth-order valence-corrected chi connectivity index (χ4v) is 1.80. The van der Waals surface area contributed by atoms with Gasteiger partial charge >= 0.3 is 0 Å². The monoisotopic (exact) mass is 281 g/mol. The van der Waals surface area contributed by atoms with E-state index in [0.717, 1.165) is 31.1 Å². The lowest BCUT2D eigenvalue weighted by molar-refractivity contribution is 0.316. The van der Waals surface area contributed by atoms with E-state index in [4.69, 9.17) is 22.7 Å². The summed E-state index contributed by atoms with van der Waals surface area (Å²) in [7, 11) is 0. The van der Waals surface area contributed by atoms with Crippen molar-refractivity contribution in [1.29, 1.82) is 0 Å².